The summed E-state index contributed by atoms with van der Waals surface area (Å²) in [7, 11) is 1.75. The topological polar surface area (TPSA) is 77.2 Å². The van der Waals surface area contributed by atoms with E-state index < -0.39 is 11.5 Å². The number of carbonyl (C=O) groups excluding carboxylic acids is 1. The van der Waals surface area contributed by atoms with E-state index in [4.69, 9.17) is 10.5 Å². The third kappa shape index (κ3) is 4.03. The molecule has 2 rings (SSSR count). The van der Waals surface area contributed by atoms with E-state index in [9.17, 15) is 4.79 Å². The Kier molecular flexibility index (Phi) is 6.59. The van der Waals surface area contributed by atoms with Crippen LogP contribution in [0, 0.1) is 5.92 Å². The molecule has 138 valence electrons. The first-order valence-electron chi connectivity index (χ1n) is 9.22. The summed E-state index contributed by atoms with van der Waals surface area (Å²) in [6.07, 6.45) is 9.22. The van der Waals surface area contributed by atoms with Gasteiger partial charge in [0.15, 0.2) is 0 Å². The van der Waals surface area contributed by atoms with Crippen LogP contribution in [-0.2, 0) is 10.3 Å². The van der Waals surface area contributed by atoms with E-state index in [2.05, 4.69) is 37.3 Å². The van der Waals surface area contributed by atoms with Gasteiger partial charge in [0.2, 0.25) is 0 Å². The summed E-state index contributed by atoms with van der Waals surface area (Å²) in [5.41, 5.74) is 7.32. The number of hydrogen-bond acceptors (Lipinski definition) is 4. The Morgan fingerprint density at radius 1 is 1.60 bits per heavy atom. The van der Waals surface area contributed by atoms with E-state index in [1.807, 2.05) is 6.07 Å². The van der Waals surface area contributed by atoms with Gasteiger partial charge in [-0.05, 0) is 68.0 Å². The standard InChI is InChI=1S/C20H31N3O2/c1-5-7-15(3)23-13-17-9-6-8-14(2)20(17,25-4)16-10-11-22-18(12-16)19(21)24/h10-15,23H,5-9H2,1-4H3,(H2,21,24)/b17-13+. The fourth-order valence-electron chi connectivity index (χ4n) is 3.96. The van der Waals surface area contributed by atoms with Gasteiger partial charge in [0.25, 0.3) is 5.91 Å². The fraction of sp³-hybridized carbons (Fsp3) is 0.600. The normalized spacial score (nSPS) is 26.4. The van der Waals surface area contributed by atoms with Crippen molar-refractivity contribution >= 4 is 5.91 Å². The first-order valence-corrected chi connectivity index (χ1v) is 9.22. The molecule has 1 amide bonds. The van der Waals surface area contributed by atoms with Gasteiger partial charge in [-0.3, -0.25) is 9.78 Å². The molecule has 3 N–H and O–H groups in total. The van der Waals surface area contributed by atoms with E-state index in [-0.39, 0.29) is 5.69 Å². The predicted molar refractivity (Wildman–Crippen MR) is 100 cm³/mol. The second kappa shape index (κ2) is 8.48. The van der Waals surface area contributed by atoms with Crippen molar-refractivity contribution in [3.63, 3.8) is 0 Å². The van der Waals surface area contributed by atoms with Crippen LogP contribution in [0.1, 0.15) is 68.9 Å². The van der Waals surface area contributed by atoms with E-state index in [1.54, 1.807) is 19.4 Å². The molecule has 5 nitrogen and oxygen atoms in total. The maximum absolute atomic E-state index is 11.6. The molecule has 1 heterocycles. The monoisotopic (exact) mass is 345 g/mol. The zero-order valence-electron chi connectivity index (χ0n) is 15.8. The number of carbonyl (C=O) groups is 1. The van der Waals surface area contributed by atoms with E-state index in [0.717, 1.165) is 37.7 Å². The molecule has 0 radical (unpaired) electrons. The number of rotatable bonds is 7. The highest BCUT2D eigenvalue weighted by molar-refractivity contribution is 5.90. The molecule has 1 aromatic rings. The number of pyridine rings is 1. The van der Waals surface area contributed by atoms with Gasteiger partial charge in [0.05, 0.1) is 0 Å². The minimum atomic E-state index is -0.551. The lowest BCUT2D eigenvalue weighted by molar-refractivity contribution is -0.0435. The first kappa shape index (κ1) is 19.4. The number of hydrogen-bond donors (Lipinski definition) is 2. The Morgan fingerprint density at radius 2 is 2.36 bits per heavy atom. The van der Waals surface area contributed by atoms with Crippen molar-refractivity contribution in [2.45, 2.75) is 64.5 Å². The lowest BCUT2D eigenvalue weighted by Gasteiger charge is -2.44. The van der Waals surface area contributed by atoms with Crippen molar-refractivity contribution in [2.24, 2.45) is 11.7 Å². The molecule has 5 heteroatoms. The van der Waals surface area contributed by atoms with Gasteiger partial charge >= 0.3 is 0 Å². The summed E-state index contributed by atoms with van der Waals surface area (Å²) < 4.78 is 6.13. The SMILES string of the molecule is CCCC(C)N/C=C1\CCCC(C)C1(OC)c1ccnc(C(N)=O)c1. The van der Waals surface area contributed by atoms with Crippen molar-refractivity contribution in [3.8, 4) is 0 Å². The number of ether oxygens (including phenoxy) is 1. The summed E-state index contributed by atoms with van der Waals surface area (Å²) in [5, 5.41) is 3.52. The van der Waals surface area contributed by atoms with Crippen LogP contribution in [0.2, 0.25) is 0 Å². The van der Waals surface area contributed by atoms with Crippen LogP contribution in [0.3, 0.4) is 0 Å². The maximum Gasteiger partial charge on any atom is 0.267 e. The molecule has 1 fully saturated rings. The lowest BCUT2D eigenvalue weighted by Crippen LogP contribution is -2.42. The van der Waals surface area contributed by atoms with Gasteiger partial charge in [-0.25, -0.2) is 0 Å². The molecule has 0 spiro atoms. The molecule has 0 aromatic carbocycles. The molecular weight excluding hydrogens is 314 g/mol. The van der Waals surface area contributed by atoms with Gasteiger partial charge in [0, 0.05) is 19.3 Å². The second-order valence-electron chi connectivity index (χ2n) is 7.05. The minimum Gasteiger partial charge on any atom is -0.388 e. The third-order valence-electron chi connectivity index (χ3n) is 5.28. The smallest absolute Gasteiger partial charge is 0.267 e. The largest absolute Gasteiger partial charge is 0.388 e. The van der Waals surface area contributed by atoms with Crippen molar-refractivity contribution in [1.29, 1.82) is 0 Å². The fourth-order valence-corrected chi connectivity index (χ4v) is 3.96. The van der Waals surface area contributed by atoms with Crippen LogP contribution >= 0.6 is 0 Å². The molecule has 1 aromatic heterocycles. The minimum absolute atomic E-state index is 0.276. The van der Waals surface area contributed by atoms with E-state index >= 15 is 0 Å². The van der Waals surface area contributed by atoms with Gasteiger partial charge in [-0.2, -0.15) is 0 Å². The number of methoxy groups -OCH3 is 1. The molecule has 1 aliphatic carbocycles. The van der Waals surface area contributed by atoms with Crippen molar-refractivity contribution in [3.05, 3.63) is 41.4 Å². The Morgan fingerprint density at radius 3 is 3.00 bits per heavy atom. The number of nitrogens with one attached hydrogen (secondary N) is 1. The number of nitrogens with zero attached hydrogens (tertiary/aromatic N) is 1. The van der Waals surface area contributed by atoms with Crippen LogP contribution in [0.15, 0.2) is 30.1 Å². The summed E-state index contributed by atoms with van der Waals surface area (Å²) >= 11 is 0. The second-order valence-corrected chi connectivity index (χ2v) is 7.05. The summed E-state index contributed by atoms with van der Waals surface area (Å²) in [6.45, 7) is 6.59. The molecular formula is C20H31N3O2. The Balaban J connectivity index is 2.45. The molecule has 1 aliphatic rings. The Hall–Kier alpha value is -1.88. The average Bonchev–Trinajstić information content (AvgIpc) is 2.60. The zero-order valence-corrected chi connectivity index (χ0v) is 15.8. The lowest BCUT2D eigenvalue weighted by atomic mass is 9.69. The van der Waals surface area contributed by atoms with Crippen molar-refractivity contribution in [2.75, 3.05) is 7.11 Å². The Bertz CT molecular complexity index is 629. The predicted octanol–water partition coefficient (Wildman–Crippen LogP) is 3.50. The highest BCUT2D eigenvalue weighted by Gasteiger charge is 2.44. The quantitative estimate of drug-likeness (QED) is 0.793. The highest BCUT2D eigenvalue weighted by atomic mass is 16.5. The van der Waals surface area contributed by atoms with Crippen LogP contribution in [0.5, 0.6) is 0 Å². The molecule has 0 saturated heterocycles. The molecule has 1 saturated carbocycles. The van der Waals surface area contributed by atoms with Crippen molar-refractivity contribution in [1.82, 2.24) is 10.3 Å². The van der Waals surface area contributed by atoms with Gasteiger partial charge < -0.3 is 15.8 Å². The molecule has 3 atom stereocenters. The maximum atomic E-state index is 11.6. The van der Waals surface area contributed by atoms with Crippen LogP contribution in [0.4, 0.5) is 0 Å². The van der Waals surface area contributed by atoms with Crippen LogP contribution in [-0.4, -0.2) is 24.0 Å². The highest BCUT2D eigenvalue weighted by Crippen LogP contribution is 2.47. The summed E-state index contributed by atoms with van der Waals surface area (Å²) in [5.74, 6) is -0.222. The molecule has 0 aliphatic heterocycles. The van der Waals surface area contributed by atoms with Crippen LogP contribution < -0.4 is 11.1 Å². The van der Waals surface area contributed by atoms with Gasteiger partial charge in [-0.15, -0.1) is 0 Å². The first-order chi connectivity index (χ1) is 12.0. The zero-order chi connectivity index (χ0) is 18.4. The third-order valence-corrected chi connectivity index (χ3v) is 5.28. The molecule has 25 heavy (non-hydrogen) atoms. The van der Waals surface area contributed by atoms with Gasteiger partial charge in [-0.1, -0.05) is 20.3 Å². The molecule has 3 unspecified atom stereocenters. The summed E-state index contributed by atoms with van der Waals surface area (Å²) in [4.78, 5) is 15.7. The van der Waals surface area contributed by atoms with Gasteiger partial charge in [0.1, 0.15) is 11.3 Å². The number of primary amides is 1. The Labute approximate surface area is 151 Å². The number of nitrogens with two attached hydrogens (primary N) is 1. The van der Waals surface area contributed by atoms with E-state index in [0.29, 0.717) is 12.0 Å². The van der Waals surface area contributed by atoms with E-state index in [1.165, 1.54) is 5.57 Å². The number of amides is 1. The van der Waals surface area contributed by atoms with Crippen LogP contribution in [0.25, 0.3) is 0 Å². The number of aromatic nitrogens is 1. The average molecular weight is 345 g/mol. The molecule has 0 bridgehead atoms. The van der Waals surface area contributed by atoms with Crippen molar-refractivity contribution < 1.29 is 9.53 Å². The summed E-state index contributed by atoms with van der Waals surface area (Å²) in [6, 6.07) is 4.13.